The largest absolute Gasteiger partial charge is 0.250 e. The third-order valence-electron chi connectivity index (χ3n) is 4.20. The topological polar surface area (TPSA) is 52.0 Å². The summed E-state index contributed by atoms with van der Waals surface area (Å²) in [5, 5.41) is 4.03. The van der Waals surface area contributed by atoms with Crippen molar-refractivity contribution in [2.45, 2.75) is 84.0 Å². The lowest BCUT2D eigenvalue weighted by Gasteiger charge is -2.15. The Morgan fingerprint density at radius 1 is 1.00 bits per heavy atom. The van der Waals surface area contributed by atoms with Crippen molar-refractivity contribution >= 4 is 10.0 Å². The van der Waals surface area contributed by atoms with Gasteiger partial charge in [-0.1, -0.05) is 65.2 Å². The normalized spacial score (nSPS) is 12.2. The van der Waals surface area contributed by atoms with Crippen molar-refractivity contribution < 1.29 is 8.42 Å². The second-order valence-electron chi connectivity index (χ2n) is 6.30. The van der Waals surface area contributed by atoms with Crippen molar-refractivity contribution in [2.24, 2.45) is 0 Å². The zero-order valence-electron chi connectivity index (χ0n) is 14.4. The van der Waals surface area contributed by atoms with E-state index in [1.807, 2.05) is 0 Å². The van der Waals surface area contributed by atoms with E-state index in [1.54, 1.807) is 12.4 Å². The Kier molecular flexibility index (Phi) is 8.76. The smallest absolute Gasteiger partial charge is 0.205 e. The molecule has 1 rings (SSSR count). The molecule has 1 heterocycles. The summed E-state index contributed by atoms with van der Waals surface area (Å²) in [6.45, 7) is 4.44. The zero-order valence-corrected chi connectivity index (χ0v) is 15.2. The molecular weight excluding hydrogens is 296 g/mol. The van der Waals surface area contributed by atoms with Crippen molar-refractivity contribution in [3.63, 3.8) is 0 Å². The summed E-state index contributed by atoms with van der Waals surface area (Å²) >= 11 is 0. The molecule has 0 N–H and O–H groups in total. The van der Waals surface area contributed by atoms with Gasteiger partial charge < -0.3 is 0 Å². The third-order valence-corrected chi connectivity index (χ3v) is 5.08. The molecule has 22 heavy (non-hydrogen) atoms. The maximum absolute atomic E-state index is 11.6. The van der Waals surface area contributed by atoms with Gasteiger partial charge in [0.05, 0.1) is 12.5 Å². The maximum Gasteiger partial charge on any atom is 0.250 e. The fraction of sp³-hybridized carbons (Fsp3) is 0.824. The molecule has 5 heteroatoms. The fourth-order valence-electron chi connectivity index (χ4n) is 2.82. The molecule has 4 nitrogen and oxygen atoms in total. The van der Waals surface area contributed by atoms with E-state index in [2.05, 4.69) is 18.9 Å². The van der Waals surface area contributed by atoms with Gasteiger partial charge in [-0.3, -0.25) is 0 Å². The van der Waals surface area contributed by atoms with E-state index in [-0.39, 0.29) is 0 Å². The zero-order chi connectivity index (χ0) is 16.4. The molecule has 0 aromatic carbocycles. The lowest BCUT2D eigenvalue weighted by atomic mass is 9.90. The summed E-state index contributed by atoms with van der Waals surface area (Å²) in [6.07, 6.45) is 16.9. The van der Waals surface area contributed by atoms with Crippen molar-refractivity contribution in [3.8, 4) is 0 Å². The number of nitrogens with zero attached hydrogens (tertiary/aromatic N) is 2. The van der Waals surface area contributed by atoms with Gasteiger partial charge in [0.15, 0.2) is 0 Å². The predicted molar refractivity (Wildman–Crippen MR) is 92.7 cm³/mol. The number of unbranched alkanes of at least 4 members (excludes halogenated alkanes) is 6. The highest BCUT2D eigenvalue weighted by molar-refractivity contribution is 7.89. The van der Waals surface area contributed by atoms with Crippen molar-refractivity contribution in [1.82, 2.24) is 9.19 Å². The number of hydrogen-bond acceptors (Lipinski definition) is 3. The monoisotopic (exact) mass is 328 g/mol. The van der Waals surface area contributed by atoms with Gasteiger partial charge in [0.1, 0.15) is 0 Å². The van der Waals surface area contributed by atoms with E-state index in [9.17, 15) is 8.42 Å². The number of rotatable bonds is 12. The third kappa shape index (κ3) is 6.95. The molecule has 0 amide bonds. The minimum atomic E-state index is -3.27. The minimum Gasteiger partial charge on any atom is -0.205 e. The second kappa shape index (κ2) is 10.0. The number of hydrogen-bond donors (Lipinski definition) is 0. The van der Waals surface area contributed by atoms with Crippen LogP contribution in [0.4, 0.5) is 0 Å². The molecule has 128 valence electrons. The van der Waals surface area contributed by atoms with Crippen molar-refractivity contribution in [1.29, 1.82) is 0 Å². The van der Waals surface area contributed by atoms with E-state index in [0.29, 0.717) is 5.92 Å². The average molecular weight is 329 g/mol. The molecule has 0 bridgehead atoms. The Morgan fingerprint density at radius 2 is 1.55 bits per heavy atom. The van der Waals surface area contributed by atoms with E-state index in [0.717, 1.165) is 22.5 Å². The highest BCUT2D eigenvalue weighted by Crippen LogP contribution is 2.28. The summed E-state index contributed by atoms with van der Waals surface area (Å²) in [5.41, 5.74) is 1.08. The van der Waals surface area contributed by atoms with Gasteiger partial charge in [0.2, 0.25) is 0 Å². The Labute approximate surface area is 136 Å². The van der Waals surface area contributed by atoms with Gasteiger partial charge in [0, 0.05) is 6.20 Å². The van der Waals surface area contributed by atoms with Crippen LogP contribution in [0, 0.1) is 0 Å². The first kappa shape index (κ1) is 19.2. The summed E-state index contributed by atoms with van der Waals surface area (Å²) in [7, 11) is -3.27. The Morgan fingerprint density at radius 3 is 1.95 bits per heavy atom. The maximum atomic E-state index is 11.6. The molecular formula is C17H32N2O2S. The molecule has 0 fully saturated rings. The SMILES string of the molecule is CCCCCCC(CCCCCC)c1cnn(S(C)(=O)=O)c1. The van der Waals surface area contributed by atoms with Crippen LogP contribution in [0.3, 0.4) is 0 Å². The van der Waals surface area contributed by atoms with Gasteiger partial charge >= 0.3 is 0 Å². The first-order valence-corrected chi connectivity index (χ1v) is 10.6. The van der Waals surface area contributed by atoms with Gasteiger partial charge in [-0.25, -0.2) is 8.42 Å². The van der Waals surface area contributed by atoms with E-state index in [1.165, 1.54) is 57.6 Å². The summed E-state index contributed by atoms with van der Waals surface area (Å²) in [4.78, 5) is 0. The molecule has 0 unspecified atom stereocenters. The van der Waals surface area contributed by atoms with Gasteiger partial charge in [-0.2, -0.15) is 9.19 Å². The van der Waals surface area contributed by atoms with Crippen LogP contribution in [0.1, 0.15) is 89.5 Å². The molecule has 1 aromatic heterocycles. The molecule has 0 aliphatic heterocycles. The molecule has 0 saturated carbocycles. The van der Waals surface area contributed by atoms with Crippen LogP contribution in [-0.2, 0) is 10.0 Å². The van der Waals surface area contributed by atoms with Crippen LogP contribution in [0.5, 0.6) is 0 Å². The summed E-state index contributed by atoms with van der Waals surface area (Å²) in [6, 6.07) is 0. The van der Waals surface area contributed by atoms with Gasteiger partial charge in [-0.15, -0.1) is 0 Å². The molecule has 0 saturated heterocycles. The van der Waals surface area contributed by atoms with Crippen LogP contribution in [-0.4, -0.2) is 23.9 Å². The van der Waals surface area contributed by atoms with E-state index >= 15 is 0 Å². The standard InChI is InChI=1S/C17H32N2O2S/c1-4-6-8-10-12-16(13-11-9-7-5-2)17-14-18-19(15-17)22(3,20)21/h14-16H,4-13H2,1-3H3. The first-order chi connectivity index (χ1) is 10.5. The van der Waals surface area contributed by atoms with E-state index < -0.39 is 10.0 Å². The molecule has 0 spiro atoms. The number of aromatic nitrogens is 2. The van der Waals surface area contributed by atoms with Crippen LogP contribution in [0.25, 0.3) is 0 Å². The summed E-state index contributed by atoms with van der Waals surface area (Å²) < 4.78 is 24.2. The predicted octanol–water partition coefficient (Wildman–Crippen LogP) is 4.72. The molecule has 0 atom stereocenters. The Balaban J connectivity index is 2.64. The molecule has 1 aromatic rings. The van der Waals surface area contributed by atoms with Crippen molar-refractivity contribution in [3.05, 3.63) is 18.0 Å². The van der Waals surface area contributed by atoms with Crippen LogP contribution in [0.15, 0.2) is 12.4 Å². The lowest BCUT2D eigenvalue weighted by Crippen LogP contribution is -2.10. The second-order valence-corrected chi connectivity index (χ2v) is 8.14. The van der Waals surface area contributed by atoms with Gasteiger partial charge in [0.25, 0.3) is 10.0 Å². The lowest BCUT2D eigenvalue weighted by molar-refractivity contribution is 0.496. The van der Waals surface area contributed by atoms with Crippen LogP contribution >= 0.6 is 0 Å². The summed E-state index contributed by atoms with van der Waals surface area (Å²) in [5.74, 6) is 0.448. The van der Waals surface area contributed by atoms with Crippen LogP contribution in [0.2, 0.25) is 0 Å². The Bertz CT molecular complexity index is 496. The quantitative estimate of drug-likeness (QED) is 0.522. The molecule has 0 aliphatic carbocycles. The van der Waals surface area contributed by atoms with Gasteiger partial charge in [-0.05, 0) is 24.3 Å². The van der Waals surface area contributed by atoms with Crippen LogP contribution < -0.4 is 0 Å². The molecule has 0 aliphatic rings. The average Bonchev–Trinajstić information content (AvgIpc) is 2.95. The Hall–Kier alpha value is -0.840. The van der Waals surface area contributed by atoms with E-state index in [4.69, 9.17) is 0 Å². The highest BCUT2D eigenvalue weighted by atomic mass is 32.2. The minimum absolute atomic E-state index is 0.448. The van der Waals surface area contributed by atoms with Crippen molar-refractivity contribution in [2.75, 3.05) is 6.26 Å². The first-order valence-electron chi connectivity index (χ1n) is 8.74. The molecule has 0 radical (unpaired) electrons. The highest BCUT2D eigenvalue weighted by Gasteiger charge is 2.16. The fourth-order valence-corrected chi connectivity index (χ4v) is 3.35.